The fourth-order valence-electron chi connectivity index (χ4n) is 2.74. The van der Waals surface area contributed by atoms with E-state index >= 15 is 0 Å². The van der Waals surface area contributed by atoms with Gasteiger partial charge in [-0.05, 0) is 47.8 Å². The van der Waals surface area contributed by atoms with Crippen LogP contribution in [0, 0.1) is 0 Å². The van der Waals surface area contributed by atoms with Crippen LogP contribution in [0.4, 0.5) is 5.13 Å². The monoisotopic (exact) mass is 501 g/mol. The van der Waals surface area contributed by atoms with Crippen LogP contribution in [-0.2, 0) is 0 Å². The first-order valence-corrected chi connectivity index (χ1v) is 11.3. The first-order valence-electron chi connectivity index (χ1n) is 8.79. The summed E-state index contributed by atoms with van der Waals surface area (Å²) in [5.74, 6) is 0.702. The van der Waals surface area contributed by atoms with Gasteiger partial charge in [0.15, 0.2) is 11.5 Å². The first kappa shape index (κ1) is 20.5. The van der Waals surface area contributed by atoms with Crippen LogP contribution in [-0.4, -0.2) is 31.3 Å². The van der Waals surface area contributed by atoms with E-state index in [9.17, 15) is 4.79 Å². The molecular formula is C21H16BrN3O3S2. The summed E-state index contributed by atoms with van der Waals surface area (Å²) in [6.45, 7) is 0. The Labute approximate surface area is 189 Å². The summed E-state index contributed by atoms with van der Waals surface area (Å²) in [6, 6.07) is 14.7. The Morgan fingerprint density at radius 2 is 1.97 bits per heavy atom. The van der Waals surface area contributed by atoms with E-state index in [1.165, 1.54) is 34.8 Å². The Hall–Kier alpha value is -2.75. The fourth-order valence-corrected chi connectivity index (χ4v) is 4.79. The number of hydrazone groups is 1. The molecule has 4 aromatic rings. The molecule has 1 amide bonds. The second-order valence-electron chi connectivity index (χ2n) is 6.06. The highest BCUT2D eigenvalue weighted by Gasteiger charge is 2.22. The summed E-state index contributed by atoms with van der Waals surface area (Å²) in [6.07, 6.45) is 1.66. The molecule has 4 rings (SSSR count). The molecule has 0 bridgehead atoms. The molecule has 0 aliphatic rings. The Bertz CT molecular complexity index is 1220. The third kappa shape index (κ3) is 4.23. The van der Waals surface area contributed by atoms with Crippen LogP contribution in [0.1, 0.15) is 15.2 Å². The molecule has 0 aliphatic carbocycles. The zero-order chi connectivity index (χ0) is 21.1. The van der Waals surface area contributed by atoms with E-state index in [2.05, 4.69) is 26.0 Å². The molecule has 9 heteroatoms. The van der Waals surface area contributed by atoms with Crippen LogP contribution < -0.4 is 14.5 Å². The molecule has 0 atom stereocenters. The highest BCUT2D eigenvalue weighted by molar-refractivity contribution is 9.10. The molecular weight excluding hydrogens is 486 g/mol. The summed E-state index contributed by atoms with van der Waals surface area (Å²) in [5.41, 5.74) is 1.21. The number of thiazole rings is 1. The third-order valence-corrected chi connectivity index (χ3v) is 6.48. The van der Waals surface area contributed by atoms with Crippen molar-refractivity contribution in [3.05, 3.63) is 68.8 Å². The van der Waals surface area contributed by atoms with Crippen molar-refractivity contribution in [2.24, 2.45) is 5.10 Å². The Kier molecular flexibility index (Phi) is 6.12. The minimum Gasteiger partial charge on any atom is -0.493 e. The van der Waals surface area contributed by atoms with E-state index in [1.54, 1.807) is 31.5 Å². The molecule has 0 saturated heterocycles. The van der Waals surface area contributed by atoms with Gasteiger partial charge < -0.3 is 9.47 Å². The van der Waals surface area contributed by atoms with Crippen LogP contribution in [0.3, 0.4) is 0 Å². The number of nitrogens with zero attached hydrogens (tertiary/aromatic N) is 3. The molecule has 0 radical (unpaired) electrons. The van der Waals surface area contributed by atoms with Crippen molar-refractivity contribution in [2.75, 3.05) is 19.2 Å². The average Bonchev–Trinajstić information content (AvgIpc) is 3.42. The molecule has 2 aromatic carbocycles. The quantitative estimate of drug-likeness (QED) is 0.246. The molecule has 0 N–H and O–H groups in total. The SMILES string of the molecule is COc1ccc(C(=O)N(/N=C/c2cccs2)c2nc3ccc(Br)cc3s2)cc1OC. The Balaban J connectivity index is 1.77. The van der Waals surface area contributed by atoms with Crippen LogP contribution in [0.25, 0.3) is 10.2 Å². The largest absolute Gasteiger partial charge is 0.493 e. The molecule has 152 valence electrons. The Morgan fingerprint density at radius 3 is 2.70 bits per heavy atom. The second-order valence-corrected chi connectivity index (χ2v) is 8.96. The van der Waals surface area contributed by atoms with Crippen LogP contribution in [0.5, 0.6) is 11.5 Å². The standard InChI is InChI=1S/C21H16BrN3O3S2/c1-27-17-8-5-13(10-18(17)28-2)20(26)25(23-12-15-4-3-9-29-15)21-24-16-7-6-14(22)11-19(16)30-21/h3-12H,1-2H3/b23-12+. The van der Waals surface area contributed by atoms with Gasteiger partial charge in [-0.3, -0.25) is 4.79 Å². The number of ether oxygens (including phenoxy) is 2. The molecule has 0 fully saturated rings. The van der Waals surface area contributed by atoms with Gasteiger partial charge in [0.05, 0.1) is 30.7 Å². The molecule has 30 heavy (non-hydrogen) atoms. The minimum absolute atomic E-state index is 0.318. The number of fused-ring (bicyclic) bond motifs is 1. The number of methoxy groups -OCH3 is 2. The van der Waals surface area contributed by atoms with E-state index < -0.39 is 0 Å². The number of anilines is 1. The number of hydrogen-bond acceptors (Lipinski definition) is 7. The maximum absolute atomic E-state index is 13.4. The fraction of sp³-hybridized carbons (Fsp3) is 0.0952. The molecule has 2 heterocycles. The number of carbonyl (C=O) groups excluding carboxylic acids is 1. The maximum Gasteiger partial charge on any atom is 0.280 e. The molecule has 2 aromatic heterocycles. The zero-order valence-electron chi connectivity index (χ0n) is 16.0. The lowest BCUT2D eigenvalue weighted by atomic mass is 10.2. The lowest BCUT2D eigenvalue weighted by Gasteiger charge is -2.15. The highest BCUT2D eigenvalue weighted by Crippen LogP contribution is 2.33. The summed E-state index contributed by atoms with van der Waals surface area (Å²) in [4.78, 5) is 18.9. The average molecular weight is 502 g/mol. The molecule has 6 nitrogen and oxygen atoms in total. The van der Waals surface area contributed by atoms with Gasteiger partial charge in [0.25, 0.3) is 5.91 Å². The number of carbonyl (C=O) groups is 1. The highest BCUT2D eigenvalue weighted by atomic mass is 79.9. The van der Waals surface area contributed by atoms with Crippen LogP contribution in [0.2, 0.25) is 0 Å². The molecule has 0 saturated carbocycles. The first-order chi connectivity index (χ1) is 14.6. The van der Waals surface area contributed by atoms with Gasteiger partial charge in [0.2, 0.25) is 5.13 Å². The lowest BCUT2D eigenvalue weighted by Crippen LogP contribution is -2.25. The third-order valence-electron chi connectivity index (χ3n) is 4.19. The maximum atomic E-state index is 13.4. The van der Waals surface area contributed by atoms with Gasteiger partial charge in [-0.2, -0.15) is 10.1 Å². The summed E-state index contributed by atoms with van der Waals surface area (Å²) >= 11 is 6.41. The predicted octanol–water partition coefficient (Wildman–Crippen LogP) is 5.82. The van der Waals surface area contributed by atoms with Crippen molar-refractivity contribution < 1.29 is 14.3 Å². The van der Waals surface area contributed by atoms with E-state index in [1.807, 2.05) is 35.7 Å². The van der Waals surface area contributed by atoms with Crippen molar-refractivity contribution in [3.63, 3.8) is 0 Å². The summed E-state index contributed by atoms with van der Waals surface area (Å²) in [5, 5.41) is 8.22. The summed E-state index contributed by atoms with van der Waals surface area (Å²) in [7, 11) is 3.08. The lowest BCUT2D eigenvalue weighted by molar-refractivity contribution is 0.0987. The topological polar surface area (TPSA) is 64.0 Å². The van der Waals surface area contributed by atoms with E-state index in [0.717, 1.165) is 19.6 Å². The molecule has 0 spiro atoms. The number of rotatable bonds is 6. The van der Waals surface area contributed by atoms with E-state index in [4.69, 9.17) is 9.47 Å². The van der Waals surface area contributed by atoms with Gasteiger partial charge in [-0.25, -0.2) is 4.98 Å². The summed E-state index contributed by atoms with van der Waals surface area (Å²) < 4.78 is 12.5. The number of thiophene rings is 1. The van der Waals surface area contributed by atoms with E-state index in [0.29, 0.717) is 22.2 Å². The molecule has 0 unspecified atom stereocenters. The minimum atomic E-state index is -0.318. The number of hydrogen-bond donors (Lipinski definition) is 0. The Morgan fingerprint density at radius 1 is 1.13 bits per heavy atom. The number of aromatic nitrogens is 1. The smallest absolute Gasteiger partial charge is 0.280 e. The predicted molar refractivity (Wildman–Crippen MR) is 126 cm³/mol. The van der Waals surface area contributed by atoms with Crippen molar-refractivity contribution in [1.82, 2.24) is 4.98 Å². The van der Waals surface area contributed by atoms with Crippen LogP contribution >= 0.6 is 38.6 Å². The normalized spacial score (nSPS) is 11.2. The van der Waals surface area contributed by atoms with Crippen molar-refractivity contribution in [3.8, 4) is 11.5 Å². The van der Waals surface area contributed by atoms with Crippen molar-refractivity contribution >= 4 is 66.1 Å². The van der Waals surface area contributed by atoms with Gasteiger partial charge >= 0.3 is 0 Å². The zero-order valence-corrected chi connectivity index (χ0v) is 19.3. The number of amides is 1. The van der Waals surface area contributed by atoms with E-state index in [-0.39, 0.29) is 5.91 Å². The number of benzene rings is 2. The second kappa shape index (κ2) is 8.95. The van der Waals surface area contributed by atoms with Crippen LogP contribution in [0.15, 0.2) is 63.5 Å². The van der Waals surface area contributed by atoms with Gasteiger partial charge in [0.1, 0.15) is 0 Å². The van der Waals surface area contributed by atoms with Gasteiger partial charge in [-0.15, -0.1) is 11.3 Å². The number of halogens is 1. The van der Waals surface area contributed by atoms with Gasteiger partial charge in [0, 0.05) is 14.9 Å². The van der Waals surface area contributed by atoms with Crippen molar-refractivity contribution in [2.45, 2.75) is 0 Å². The van der Waals surface area contributed by atoms with Crippen molar-refractivity contribution in [1.29, 1.82) is 0 Å². The molecule has 0 aliphatic heterocycles. The van der Waals surface area contributed by atoms with Gasteiger partial charge in [-0.1, -0.05) is 33.3 Å².